The van der Waals surface area contributed by atoms with Gasteiger partial charge in [-0.3, -0.25) is 0 Å². The Labute approximate surface area is 137 Å². The van der Waals surface area contributed by atoms with E-state index in [1.165, 1.54) is 0 Å². The van der Waals surface area contributed by atoms with Gasteiger partial charge in [0.15, 0.2) is 0 Å². The van der Waals surface area contributed by atoms with Gasteiger partial charge in [0, 0.05) is 22.8 Å². The van der Waals surface area contributed by atoms with E-state index >= 15 is 0 Å². The summed E-state index contributed by atoms with van der Waals surface area (Å²) in [7, 11) is 3.18. The van der Waals surface area contributed by atoms with Crippen LogP contribution < -0.4 is 20.1 Å². The number of carbonyl (C=O) groups excluding carboxylic acids is 1. The summed E-state index contributed by atoms with van der Waals surface area (Å²) in [6.07, 6.45) is 0. The smallest absolute Gasteiger partial charge is 0.319 e. The van der Waals surface area contributed by atoms with Crippen molar-refractivity contribution in [3.8, 4) is 11.5 Å². The van der Waals surface area contributed by atoms with Crippen LogP contribution in [0.25, 0.3) is 0 Å². The van der Waals surface area contributed by atoms with E-state index < -0.39 is 0 Å². The third kappa shape index (κ3) is 4.66. The lowest BCUT2D eigenvalue weighted by Gasteiger charge is -2.10. The maximum Gasteiger partial charge on any atom is 0.319 e. The average molecular weight is 365 g/mol. The molecule has 5 nitrogen and oxygen atoms in total. The van der Waals surface area contributed by atoms with E-state index in [0.29, 0.717) is 18.0 Å². The van der Waals surface area contributed by atoms with Crippen LogP contribution in [0.15, 0.2) is 46.9 Å². The number of rotatable bonds is 5. The minimum Gasteiger partial charge on any atom is -0.497 e. The number of amides is 2. The van der Waals surface area contributed by atoms with Crippen LogP contribution in [-0.4, -0.2) is 20.3 Å². The van der Waals surface area contributed by atoms with Gasteiger partial charge in [0.25, 0.3) is 0 Å². The Balaban J connectivity index is 1.94. The van der Waals surface area contributed by atoms with Gasteiger partial charge < -0.3 is 20.1 Å². The second kappa shape index (κ2) is 7.70. The van der Waals surface area contributed by atoms with E-state index in [4.69, 9.17) is 9.47 Å². The number of ether oxygens (including phenoxy) is 2. The molecule has 0 aliphatic carbocycles. The van der Waals surface area contributed by atoms with Gasteiger partial charge >= 0.3 is 6.03 Å². The van der Waals surface area contributed by atoms with Gasteiger partial charge in [-0.2, -0.15) is 0 Å². The summed E-state index contributed by atoms with van der Waals surface area (Å²) >= 11 is 3.35. The van der Waals surface area contributed by atoms with Crippen molar-refractivity contribution in [1.82, 2.24) is 5.32 Å². The Morgan fingerprint density at radius 2 is 1.64 bits per heavy atom. The fraction of sp³-hybridized carbons (Fsp3) is 0.188. The molecule has 6 heteroatoms. The lowest BCUT2D eigenvalue weighted by Crippen LogP contribution is -2.28. The highest BCUT2D eigenvalue weighted by molar-refractivity contribution is 9.10. The van der Waals surface area contributed by atoms with Crippen LogP contribution >= 0.6 is 15.9 Å². The number of benzene rings is 2. The number of hydrogen-bond donors (Lipinski definition) is 2. The molecule has 2 aromatic rings. The summed E-state index contributed by atoms with van der Waals surface area (Å²) in [5, 5.41) is 5.55. The second-order valence-electron chi connectivity index (χ2n) is 4.54. The second-order valence-corrected chi connectivity index (χ2v) is 5.45. The van der Waals surface area contributed by atoms with Gasteiger partial charge in [0.05, 0.1) is 14.2 Å². The molecule has 0 heterocycles. The normalized spacial score (nSPS) is 9.95. The van der Waals surface area contributed by atoms with Crippen LogP contribution in [0.5, 0.6) is 11.5 Å². The number of hydrogen-bond acceptors (Lipinski definition) is 3. The molecule has 0 fully saturated rings. The number of carbonyl (C=O) groups is 1. The Morgan fingerprint density at radius 3 is 2.18 bits per heavy atom. The molecule has 0 spiro atoms. The molecule has 0 aliphatic rings. The van der Waals surface area contributed by atoms with Crippen LogP contribution in [-0.2, 0) is 6.54 Å². The third-order valence-corrected chi connectivity index (χ3v) is 3.50. The first-order chi connectivity index (χ1) is 10.6. The Kier molecular flexibility index (Phi) is 5.66. The standard InChI is InChI=1S/C16H17BrN2O3/c1-21-14-7-11(8-15(9-14)22-2)10-18-16(20)19-13-5-3-12(17)4-6-13/h3-9H,10H2,1-2H3,(H2,18,19,20). The Morgan fingerprint density at radius 1 is 1.05 bits per heavy atom. The molecule has 0 aliphatic heterocycles. The lowest BCUT2D eigenvalue weighted by atomic mass is 10.2. The summed E-state index contributed by atoms with van der Waals surface area (Å²) in [5.74, 6) is 1.37. The van der Waals surface area contributed by atoms with E-state index in [0.717, 1.165) is 15.7 Å². The van der Waals surface area contributed by atoms with Crippen molar-refractivity contribution in [3.05, 3.63) is 52.5 Å². The largest absolute Gasteiger partial charge is 0.497 e. The molecule has 0 radical (unpaired) electrons. The molecule has 0 unspecified atom stereocenters. The maximum absolute atomic E-state index is 11.9. The van der Waals surface area contributed by atoms with Crippen LogP contribution in [0.3, 0.4) is 0 Å². The first kappa shape index (κ1) is 16.2. The summed E-state index contributed by atoms with van der Waals surface area (Å²) in [6, 6.07) is 12.6. The monoisotopic (exact) mass is 364 g/mol. The number of halogens is 1. The number of methoxy groups -OCH3 is 2. The molecule has 0 aromatic heterocycles. The van der Waals surface area contributed by atoms with Crippen LogP contribution in [0.4, 0.5) is 10.5 Å². The van der Waals surface area contributed by atoms with E-state index in [2.05, 4.69) is 26.6 Å². The maximum atomic E-state index is 11.9. The third-order valence-electron chi connectivity index (χ3n) is 2.97. The molecule has 0 saturated carbocycles. The quantitative estimate of drug-likeness (QED) is 0.848. The zero-order valence-electron chi connectivity index (χ0n) is 12.4. The number of urea groups is 1. The Bertz CT molecular complexity index is 622. The van der Waals surface area contributed by atoms with Crippen molar-refractivity contribution in [2.75, 3.05) is 19.5 Å². The van der Waals surface area contributed by atoms with E-state index in [1.807, 2.05) is 36.4 Å². The Hall–Kier alpha value is -2.21. The molecule has 2 aromatic carbocycles. The highest BCUT2D eigenvalue weighted by Gasteiger charge is 2.05. The highest BCUT2D eigenvalue weighted by Crippen LogP contribution is 2.22. The molecule has 22 heavy (non-hydrogen) atoms. The molecule has 116 valence electrons. The van der Waals surface area contributed by atoms with Crippen LogP contribution in [0.2, 0.25) is 0 Å². The molecule has 2 rings (SSSR count). The van der Waals surface area contributed by atoms with Gasteiger partial charge in [0.1, 0.15) is 11.5 Å². The van der Waals surface area contributed by atoms with E-state index in [9.17, 15) is 4.79 Å². The van der Waals surface area contributed by atoms with E-state index in [-0.39, 0.29) is 6.03 Å². The van der Waals surface area contributed by atoms with Gasteiger partial charge in [-0.25, -0.2) is 4.79 Å². The molecule has 0 atom stereocenters. The highest BCUT2D eigenvalue weighted by atomic mass is 79.9. The summed E-state index contributed by atoms with van der Waals surface area (Å²) in [6.45, 7) is 0.371. The SMILES string of the molecule is COc1cc(CNC(=O)Nc2ccc(Br)cc2)cc(OC)c1. The van der Waals surface area contributed by atoms with Crippen molar-refractivity contribution in [1.29, 1.82) is 0 Å². The molecular weight excluding hydrogens is 348 g/mol. The summed E-state index contributed by atoms with van der Waals surface area (Å²) in [4.78, 5) is 11.9. The first-order valence-electron chi connectivity index (χ1n) is 6.63. The predicted molar refractivity (Wildman–Crippen MR) is 89.5 cm³/mol. The zero-order valence-corrected chi connectivity index (χ0v) is 13.9. The number of anilines is 1. The minimum atomic E-state index is -0.274. The van der Waals surface area contributed by atoms with Gasteiger partial charge in [0.2, 0.25) is 0 Å². The summed E-state index contributed by atoms with van der Waals surface area (Å²) in [5.41, 5.74) is 1.62. The first-order valence-corrected chi connectivity index (χ1v) is 7.42. The zero-order chi connectivity index (χ0) is 15.9. The molecule has 2 amide bonds. The van der Waals surface area contributed by atoms with Crippen molar-refractivity contribution in [3.63, 3.8) is 0 Å². The minimum absolute atomic E-state index is 0.274. The fourth-order valence-electron chi connectivity index (χ4n) is 1.86. The lowest BCUT2D eigenvalue weighted by molar-refractivity contribution is 0.251. The van der Waals surface area contributed by atoms with Crippen molar-refractivity contribution >= 4 is 27.6 Å². The van der Waals surface area contributed by atoms with Crippen LogP contribution in [0, 0.1) is 0 Å². The molecular formula is C16H17BrN2O3. The van der Waals surface area contributed by atoms with E-state index in [1.54, 1.807) is 20.3 Å². The molecule has 0 bridgehead atoms. The topological polar surface area (TPSA) is 59.6 Å². The molecule has 2 N–H and O–H groups in total. The van der Waals surface area contributed by atoms with Crippen molar-refractivity contribution in [2.24, 2.45) is 0 Å². The fourth-order valence-corrected chi connectivity index (χ4v) is 2.12. The van der Waals surface area contributed by atoms with Crippen LogP contribution in [0.1, 0.15) is 5.56 Å². The number of nitrogens with one attached hydrogen (secondary N) is 2. The average Bonchev–Trinajstić information content (AvgIpc) is 2.54. The molecule has 0 saturated heterocycles. The van der Waals surface area contributed by atoms with Gasteiger partial charge in [-0.15, -0.1) is 0 Å². The van der Waals surface area contributed by atoms with Gasteiger partial charge in [-0.05, 0) is 42.0 Å². The van der Waals surface area contributed by atoms with Crippen molar-refractivity contribution < 1.29 is 14.3 Å². The van der Waals surface area contributed by atoms with Crippen molar-refractivity contribution in [2.45, 2.75) is 6.54 Å². The van der Waals surface area contributed by atoms with Gasteiger partial charge in [-0.1, -0.05) is 15.9 Å². The summed E-state index contributed by atoms with van der Waals surface area (Å²) < 4.78 is 11.4. The predicted octanol–water partition coefficient (Wildman–Crippen LogP) is 3.79.